The predicted octanol–water partition coefficient (Wildman–Crippen LogP) is 5.52. The lowest BCUT2D eigenvalue weighted by atomic mass is 10.2. The molecule has 1 N–H and O–H groups in total. The molecule has 0 aliphatic rings. The van der Waals surface area contributed by atoms with Crippen LogP contribution in [0.1, 0.15) is 28.0 Å². The molecule has 30 heavy (non-hydrogen) atoms. The second kappa shape index (κ2) is 9.93. The molecule has 1 aromatic heterocycles. The van der Waals surface area contributed by atoms with Crippen LogP contribution < -0.4 is 10.1 Å². The molecule has 3 rings (SSSR count). The Labute approximate surface area is 187 Å². The molecule has 0 saturated carbocycles. The summed E-state index contributed by atoms with van der Waals surface area (Å²) in [5, 5.41) is 6.26. The summed E-state index contributed by atoms with van der Waals surface area (Å²) in [4.78, 5) is 28.9. The molecule has 0 aliphatic heterocycles. The number of ether oxygens (including phenoxy) is 2. The second-order valence-corrected chi connectivity index (χ2v) is 8.24. The van der Waals surface area contributed by atoms with Crippen LogP contribution in [0.15, 0.2) is 47.8 Å². The van der Waals surface area contributed by atoms with E-state index in [1.54, 1.807) is 47.7 Å². The van der Waals surface area contributed by atoms with Crippen LogP contribution in [0.3, 0.4) is 0 Å². The van der Waals surface area contributed by atoms with Crippen molar-refractivity contribution in [1.82, 2.24) is 4.98 Å². The molecule has 3 aromatic rings. The van der Waals surface area contributed by atoms with Crippen LogP contribution in [0.2, 0.25) is 10.0 Å². The minimum Gasteiger partial charge on any atom is -0.487 e. The van der Waals surface area contributed by atoms with Crippen LogP contribution in [0, 0.1) is 6.92 Å². The summed E-state index contributed by atoms with van der Waals surface area (Å²) in [7, 11) is 0. The largest absolute Gasteiger partial charge is 0.487 e. The first-order chi connectivity index (χ1) is 14.3. The van der Waals surface area contributed by atoms with Crippen LogP contribution >= 0.6 is 34.5 Å². The maximum Gasteiger partial charge on any atom is 0.338 e. The summed E-state index contributed by atoms with van der Waals surface area (Å²) in [5.74, 6) is -0.534. The van der Waals surface area contributed by atoms with Gasteiger partial charge in [0.2, 0.25) is 0 Å². The Balaban J connectivity index is 1.53. The van der Waals surface area contributed by atoms with Gasteiger partial charge in [-0.25, -0.2) is 9.78 Å². The number of aromatic nitrogens is 1. The molecule has 0 bridgehead atoms. The van der Waals surface area contributed by atoms with Gasteiger partial charge >= 0.3 is 5.97 Å². The standard InChI is InChI=1S/C21H18Cl2N2O4S/c1-12(20(26)25-19-8-5-15(22)9-18(19)23)29-21(27)14-3-6-17(7-4-14)28-10-16-11-30-13(2)24-16/h3-9,11-12H,10H2,1-2H3,(H,25,26). The van der Waals surface area contributed by atoms with Crippen molar-refractivity contribution in [2.75, 3.05) is 5.32 Å². The molecule has 156 valence electrons. The number of nitrogens with one attached hydrogen (secondary N) is 1. The highest BCUT2D eigenvalue weighted by atomic mass is 35.5. The average Bonchev–Trinajstić information content (AvgIpc) is 3.14. The number of halogens is 2. The lowest BCUT2D eigenvalue weighted by Gasteiger charge is -2.14. The van der Waals surface area contributed by atoms with E-state index in [0.29, 0.717) is 28.6 Å². The van der Waals surface area contributed by atoms with Crippen molar-refractivity contribution in [2.24, 2.45) is 0 Å². The summed E-state index contributed by atoms with van der Waals surface area (Å²) < 4.78 is 10.9. The molecule has 1 unspecified atom stereocenters. The molecular formula is C21H18Cl2N2O4S. The first kappa shape index (κ1) is 22.1. The number of esters is 1. The zero-order valence-electron chi connectivity index (χ0n) is 16.1. The van der Waals surface area contributed by atoms with Crippen LogP contribution in [-0.4, -0.2) is 23.0 Å². The Bertz CT molecular complexity index is 1050. The van der Waals surface area contributed by atoms with Crippen LogP contribution in [0.25, 0.3) is 0 Å². The Kier molecular flexibility index (Phi) is 7.31. The molecule has 6 nitrogen and oxygen atoms in total. The lowest BCUT2D eigenvalue weighted by Crippen LogP contribution is -2.30. The molecule has 0 radical (unpaired) electrons. The Morgan fingerprint density at radius 1 is 1.17 bits per heavy atom. The molecule has 0 spiro atoms. The maximum atomic E-state index is 12.3. The maximum absolute atomic E-state index is 12.3. The number of thiazole rings is 1. The number of hydrogen-bond donors (Lipinski definition) is 1. The molecule has 2 aromatic carbocycles. The highest BCUT2D eigenvalue weighted by molar-refractivity contribution is 7.09. The highest BCUT2D eigenvalue weighted by Gasteiger charge is 2.20. The fourth-order valence-electron chi connectivity index (χ4n) is 2.43. The number of rotatable bonds is 7. The van der Waals surface area contributed by atoms with E-state index >= 15 is 0 Å². The Morgan fingerprint density at radius 2 is 1.90 bits per heavy atom. The minimum absolute atomic E-state index is 0.290. The fourth-order valence-corrected chi connectivity index (χ4v) is 3.48. The van der Waals surface area contributed by atoms with Gasteiger partial charge < -0.3 is 14.8 Å². The van der Waals surface area contributed by atoms with E-state index in [4.69, 9.17) is 32.7 Å². The normalized spacial score (nSPS) is 11.6. The number of nitrogens with zero attached hydrogens (tertiary/aromatic N) is 1. The molecule has 1 atom stereocenters. The van der Waals surface area contributed by atoms with Gasteiger partial charge in [0.25, 0.3) is 5.91 Å². The molecule has 1 heterocycles. The summed E-state index contributed by atoms with van der Waals surface area (Å²) in [6.45, 7) is 3.75. The number of aryl methyl sites for hydroxylation is 1. The van der Waals surface area contributed by atoms with Gasteiger partial charge in [-0.3, -0.25) is 4.79 Å². The topological polar surface area (TPSA) is 77.5 Å². The zero-order chi connectivity index (χ0) is 21.7. The van der Waals surface area contributed by atoms with E-state index in [2.05, 4.69) is 10.3 Å². The SMILES string of the molecule is Cc1nc(COc2ccc(C(=O)OC(C)C(=O)Nc3ccc(Cl)cc3Cl)cc2)cs1. The highest BCUT2D eigenvalue weighted by Crippen LogP contribution is 2.25. The van der Waals surface area contributed by atoms with Gasteiger partial charge in [-0.1, -0.05) is 23.2 Å². The Hall–Kier alpha value is -2.61. The van der Waals surface area contributed by atoms with Gasteiger partial charge in [0, 0.05) is 10.4 Å². The lowest BCUT2D eigenvalue weighted by molar-refractivity contribution is -0.123. The third-order valence-corrected chi connectivity index (χ3v) is 5.36. The van der Waals surface area contributed by atoms with Crippen LogP contribution in [0.5, 0.6) is 5.75 Å². The third-order valence-electron chi connectivity index (χ3n) is 3.99. The first-order valence-electron chi connectivity index (χ1n) is 8.92. The van der Waals surface area contributed by atoms with Gasteiger partial charge in [-0.05, 0) is 56.3 Å². The van der Waals surface area contributed by atoms with Crippen molar-refractivity contribution >= 4 is 52.1 Å². The smallest absolute Gasteiger partial charge is 0.338 e. The number of amides is 1. The van der Waals surface area contributed by atoms with Crippen LogP contribution in [-0.2, 0) is 16.1 Å². The van der Waals surface area contributed by atoms with Crippen molar-refractivity contribution in [3.63, 3.8) is 0 Å². The van der Waals surface area contributed by atoms with Crippen molar-refractivity contribution in [1.29, 1.82) is 0 Å². The number of carbonyl (C=O) groups excluding carboxylic acids is 2. The monoisotopic (exact) mass is 464 g/mol. The summed E-state index contributed by atoms with van der Waals surface area (Å²) in [5.41, 5.74) is 1.53. The van der Waals surface area contributed by atoms with Crippen molar-refractivity contribution in [2.45, 2.75) is 26.6 Å². The quantitative estimate of drug-likeness (QED) is 0.465. The number of anilines is 1. The van der Waals surface area contributed by atoms with Crippen LogP contribution in [0.4, 0.5) is 5.69 Å². The third kappa shape index (κ3) is 5.95. The zero-order valence-corrected chi connectivity index (χ0v) is 18.5. The van der Waals surface area contributed by atoms with E-state index in [9.17, 15) is 9.59 Å². The molecule has 1 amide bonds. The molecule has 0 saturated heterocycles. The van der Waals surface area contributed by atoms with E-state index in [0.717, 1.165) is 10.7 Å². The van der Waals surface area contributed by atoms with Gasteiger partial charge in [-0.15, -0.1) is 11.3 Å². The summed E-state index contributed by atoms with van der Waals surface area (Å²) in [6, 6.07) is 11.1. The second-order valence-electron chi connectivity index (χ2n) is 6.33. The minimum atomic E-state index is -1.02. The number of hydrogen-bond acceptors (Lipinski definition) is 6. The number of carbonyl (C=O) groups is 2. The predicted molar refractivity (Wildman–Crippen MR) is 118 cm³/mol. The van der Waals surface area contributed by atoms with E-state index in [1.165, 1.54) is 13.0 Å². The summed E-state index contributed by atoms with van der Waals surface area (Å²) in [6.07, 6.45) is -1.02. The van der Waals surface area contributed by atoms with Crippen molar-refractivity contribution in [3.8, 4) is 5.75 Å². The van der Waals surface area contributed by atoms with Gasteiger partial charge in [0.1, 0.15) is 12.4 Å². The molecular weight excluding hydrogens is 447 g/mol. The van der Waals surface area contributed by atoms with Gasteiger partial charge in [0.05, 0.1) is 27.0 Å². The Morgan fingerprint density at radius 3 is 2.53 bits per heavy atom. The van der Waals surface area contributed by atoms with Gasteiger partial charge in [-0.2, -0.15) is 0 Å². The number of benzene rings is 2. The fraction of sp³-hybridized carbons (Fsp3) is 0.190. The molecule has 0 aliphatic carbocycles. The van der Waals surface area contributed by atoms with E-state index in [1.807, 2.05) is 12.3 Å². The van der Waals surface area contributed by atoms with Crippen molar-refractivity contribution < 1.29 is 19.1 Å². The van der Waals surface area contributed by atoms with Crippen molar-refractivity contribution in [3.05, 3.63) is 74.2 Å². The first-order valence-corrected chi connectivity index (χ1v) is 10.6. The average molecular weight is 465 g/mol. The molecule has 0 fully saturated rings. The van der Waals surface area contributed by atoms with Gasteiger partial charge in [0.15, 0.2) is 6.10 Å². The van der Waals surface area contributed by atoms with E-state index < -0.39 is 18.0 Å². The summed E-state index contributed by atoms with van der Waals surface area (Å²) >= 11 is 13.4. The molecule has 9 heteroatoms. The van der Waals surface area contributed by atoms with E-state index in [-0.39, 0.29) is 5.02 Å².